The predicted octanol–water partition coefficient (Wildman–Crippen LogP) is 4.12. The fraction of sp³-hybridized carbons (Fsp3) is 0.200. The zero-order chi connectivity index (χ0) is 18.2. The molecule has 0 unspecified atom stereocenters. The second-order valence-corrected chi connectivity index (χ2v) is 6.05. The molecule has 0 radical (unpaired) electrons. The normalized spacial score (nSPS) is 13.9. The molecule has 0 saturated carbocycles. The van der Waals surface area contributed by atoms with Gasteiger partial charge in [-0.05, 0) is 11.1 Å². The van der Waals surface area contributed by atoms with Crippen LogP contribution in [0.15, 0.2) is 77.2 Å². The third-order valence-electron chi connectivity index (χ3n) is 4.06. The van der Waals surface area contributed by atoms with E-state index in [0.717, 1.165) is 0 Å². The summed E-state index contributed by atoms with van der Waals surface area (Å²) in [6.45, 7) is 4.18. The van der Waals surface area contributed by atoms with E-state index in [1.807, 2.05) is 48.8 Å². The van der Waals surface area contributed by atoms with Gasteiger partial charge in [0.2, 0.25) is 0 Å². The van der Waals surface area contributed by atoms with Crippen molar-refractivity contribution in [2.24, 2.45) is 10.2 Å². The van der Waals surface area contributed by atoms with Crippen LogP contribution >= 0.6 is 0 Å². The van der Waals surface area contributed by atoms with Crippen molar-refractivity contribution in [1.29, 1.82) is 0 Å². The van der Waals surface area contributed by atoms with Gasteiger partial charge >= 0.3 is 0 Å². The van der Waals surface area contributed by atoms with Crippen molar-refractivity contribution < 1.29 is 0 Å². The molecule has 0 aliphatic carbocycles. The van der Waals surface area contributed by atoms with Gasteiger partial charge in [-0.1, -0.05) is 74.5 Å². The monoisotopic (exact) mass is 346 g/mol. The first-order valence-corrected chi connectivity index (χ1v) is 8.57. The van der Waals surface area contributed by atoms with Crippen LogP contribution in [0.5, 0.6) is 0 Å². The van der Waals surface area contributed by atoms with Crippen LogP contribution in [0, 0.1) is 0 Å². The molecule has 0 bridgehead atoms. The lowest BCUT2D eigenvalue weighted by atomic mass is 10.0. The number of anilines is 1. The molecule has 1 aromatic heterocycles. The Labute approximate surface area is 153 Å². The second-order valence-electron chi connectivity index (χ2n) is 6.05. The maximum Gasteiger partial charge on any atom is 0.265 e. The quantitative estimate of drug-likeness (QED) is 0.517. The molecule has 1 heterocycles. The number of hydrogen-bond acceptors (Lipinski definition) is 5. The van der Waals surface area contributed by atoms with E-state index in [-0.39, 0.29) is 11.8 Å². The number of rotatable bonds is 7. The number of aromatic nitrogens is 3. The van der Waals surface area contributed by atoms with Gasteiger partial charge in [0.15, 0.2) is 0 Å². The van der Waals surface area contributed by atoms with Gasteiger partial charge in [-0.25, -0.2) is 5.43 Å². The van der Waals surface area contributed by atoms with Crippen molar-refractivity contribution in [3.05, 3.63) is 78.1 Å². The molecule has 26 heavy (non-hydrogen) atoms. The summed E-state index contributed by atoms with van der Waals surface area (Å²) in [5, 5.41) is 16.6. The Morgan fingerprint density at radius 3 is 2.08 bits per heavy atom. The zero-order valence-electron chi connectivity index (χ0n) is 14.9. The summed E-state index contributed by atoms with van der Waals surface area (Å²) in [5.74, 6) is 0.854. The molecule has 0 saturated heterocycles. The van der Waals surface area contributed by atoms with E-state index in [4.69, 9.17) is 0 Å². The second kappa shape index (κ2) is 8.71. The molecule has 6 heteroatoms. The third kappa shape index (κ3) is 4.63. The summed E-state index contributed by atoms with van der Waals surface area (Å²) in [4.78, 5) is 0. The Morgan fingerprint density at radius 2 is 1.46 bits per heavy atom. The zero-order valence-corrected chi connectivity index (χ0v) is 14.9. The highest BCUT2D eigenvalue weighted by molar-refractivity contribution is 5.68. The minimum Gasteiger partial charge on any atom is -0.244 e. The minimum atomic E-state index is 0.188. The van der Waals surface area contributed by atoms with Crippen molar-refractivity contribution in [3.63, 3.8) is 0 Å². The molecule has 0 aliphatic heterocycles. The lowest BCUT2D eigenvalue weighted by Crippen LogP contribution is -2.02. The molecule has 3 rings (SSSR count). The Balaban J connectivity index is 1.62. The van der Waals surface area contributed by atoms with Crippen molar-refractivity contribution in [1.82, 2.24) is 14.9 Å². The lowest BCUT2D eigenvalue weighted by molar-refractivity contribution is 0.862. The molecule has 132 valence electrons. The fourth-order valence-electron chi connectivity index (χ4n) is 2.45. The van der Waals surface area contributed by atoms with Crippen LogP contribution in [0.2, 0.25) is 0 Å². The van der Waals surface area contributed by atoms with Gasteiger partial charge in [0.1, 0.15) is 6.33 Å². The fourth-order valence-corrected chi connectivity index (χ4v) is 2.45. The predicted molar refractivity (Wildman–Crippen MR) is 106 cm³/mol. The van der Waals surface area contributed by atoms with Crippen LogP contribution < -0.4 is 5.43 Å². The topological polar surface area (TPSA) is 67.5 Å². The number of nitrogens with one attached hydrogen (secondary N) is 1. The summed E-state index contributed by atoms with van der Waals surface area (Å²) in [6.07, 6.45) is 5.25. The van der Waals surface area contributed by atoms with E-state index in [1.54, 1.807) is 11.0 Å². The van der Waals surface area contributed by atoms with Crippen LogP contribution in [-0.4, -0.2) is 27.3 Å². The van der Waals surface area contributed by atoms with Gasteiger partial charge in [-0.3, -0.25) is 0 Å². The summed E-state index contributed by atoms with van der Waals surface area (Å²) in [5.41, 5.74) is 5.31. The lowest BCUT2D eigenvalue weighted by Gasteiger charge is -2.06. The maximum absolute atomic E-state index is 4.43. The first-order chi connectivity index (χ1) is 12.7. The molecule has 3 aromatic rings. The van der Waals surface area contributed by atoms with Gasteiger partial charge in [-0.15, -0.1) is 10.2 Å². The Bertz CT molecular complexity index is 854. The first kappa shape index (κ1) is 17.5. The molecule has 0 spiro atoms. The van der Waals surface area contributed by atoms with Crippen LogP contribution in [0.3, 0.4) is 0 Å². The molecular formula is C20H22N6. The number of hydrogen-bond donors (Lipinski definition) is 1. The van der Waals surface area contributed by atoms with E-state index >= 15 is 0 Å². The Kier molecular flexibility index (Phi) is 5.88. The SMILES string of the molecule is C[C@@H](/C=N\n1cnnc1N/N=C/[C@H](C)c1ccccc1)c1ccccc1. The molecule has 1 N–H and O–H groups in total. The van der Waals surface area contributed by atoms with Crippen molar-refractivity contribution in [2.45, 2.75) is 25.7 Å². The number of hydrazone groups is 1. The number of benzene rings is 2. The average Bonchev–Trinajstić information content (AvgIpc) is 3.14. The number of nitrogens with zero attached hydrogens (tertiary/aromatic N) is 5. The highest BCUT2D eigenvalue weighted by atomic mass is 15.5. The van der Waals surface area contributed by atoms with Crippen LogP contribution in [0.25, 0.3) is 0 Å². The maximum atomic E-state index is 4.43. The van der Waals surface area contributed by atoms with Gasteiger partial charge < -0.3 is 0 Å². The summed E-state index contributed by atoms with van der Waals surface area (Å²) < 4.78 is 1.57. The van der Waals surface area contributed by atoms with Gasteiger partial charge in [0, 0.05) is 24.3 Å². The molecule has 0 fully saturated rings. The molecule has 6 nitrogen and oxygen atoms in total. The standard InChI is InChI=1S/C20H22N6/c1-16(18-9-5-3-6-10-18)13-21-24-20-25-22-15-26(20)23-14-17(2)19-11-7-4-8-12-19/h3-17H,1-2H3,(H,24,25)/b21-13+,23-14-/t16-,17-/m0/s1. The Morgan fingerprint density at radius 1 is 0.885 bits per heavy atom. The van der Waals surface area contributed by atoms with E-state index in [9.17, 15) is 0 Å². The third-order valence-corrected chi connectivity index (χ3v) is 4.06. The highest BCUT2D eigenvalue weighted by Gasteiger charge is 2.05. The van der Waals surface area contributed by atoms with Gasteiger partial charge in [-0.2, -0.15) is 14.9 Å². The highest BCUT2D eigenvalue weighted by Crippen LogP contribution is 2.13. The molecule has 2 atom stereocenters. The summed E-state index contributed by atoms with van der Waals surface area (Å²) in [6, 6.07) is 20.4. The van der Waals surface area contributed by atoms with E-state index in [0.29, 0.717) is 5.95 Å². The van der Waals surface area contributed by atoms with Gasteiger partial charge in [0.05, 0.1) is 0 Å². The summed E-state index contributed by atoms with van der Waals surface area (Å²) >= 11 is 0. The smallest absolute Gasteiger partial charge is 0.244 e. The molecule has 0 aliphatic rings. The first-order valence-electron chi connectivity index (χ1n) is 8.57. The minimum absolute atomic E-state index is 0.188. The van der Waals surface area contributed by atoms with E-state index in [1.165, 1.54) is 11.1 Å². The van der Waals surface area contributed by atoms with Crippen LogP contribution in [0.4, 0.5) is 5.95 Å². The Hall–Kier alpha value is -3.28. The van der Waals surface area contributed by atoms with Crippen molar-refractivity contribution >= 4 is 18.4 Å². The van der Waals surface area contributed by atoms with Crippen LogP contribution in [-0.2, 0) is 0 Å². The van der Waals surface area contributed by atoms with Crippen molar-refractivity contribution in [3.8, 4) is 0 Å². The van der Waals surface area contributed by atoms with Crippen LogP contribution in [0.1, 0.15) is 36.8 Å². The summed E-state index contributed by atoms with van der Waals surface area (Å²) in [7, 11) is 0. The van der Waals surface area contributed by atoms with E-state index in [2.05, 4.69) is 63.9 Å². The van der Waals surface area contributed by atoms with Gasteiger partial charge in [0.25, 0.3) is 5.95 Å². The molecule has 2 aromatic carbocycles. The van der Waals surface area contributed by atoms with Crippen molar-refractivity contribution in [2.75, 3.05) is 5.43 Å². The molecule has 0 amide bonds. The van der Waals surface area contributed by atoms with E-state index < -0.39 is 0 Å². The molecular weight excluding hydrogens is 324 g/mol. The average molecular weight is 346 g/mol. The largest absolute Gasteiger partial charge is 0.265 e.